The van der Waals surface area contributed by atoms with Crippen molar-refractivity contribution in [2.45, 2.75) is 19.4 Å². The van der Waals surface area contributed by atoms with Crippen LogP contribution in [0, 0.1) is 0 Å². The Balaban J connectivity index is 1.51. The van der Waals surface area contributed by atoms with Gasteiger partial charge in [0, 0.05) is 36.8 Å². The van der Waals surface area contributed by atoms with Crippen LogP contribution in [0.2, 0.25) is 0 Å². The summed E-state index contributed by atoms with van der Waals surface area (Å²) in [6.45, 7) is 5.08. The molecule has 7 nitrogen and oxygen atoms in total. The van der Waals surface area contributed by atoms with Gasteiger partial charge in [0.05, 0.1) is 26.0 Å². The number of rotatable bonds is 7. The standard InChI is InChI=1S/C22H27N3O4/c1-16-15-29-14-13-25(16)12-11-21(26)23-18-9-7-17(8-10-18)22(27)24-19-5-3-4-6-20(19)28-2/h3-10,16H,11-15H2,1-2H3,(H,23,26)(H,24,27). The van der Waals surface area contributed by atoms with Crippen molar-refractivity contribution in [3.05, 3.63) is 54.1 Å². The van der Waals surface area contributed by atoms with Gasteiger partial charge in [0.15, 0.2) is 0 Å². The molecule has 1 fully saturated rings. The predicted molar refractivity (Wildman–Crippen MR) is 112 cm³/mol. The highest BCUT2D eigenvalue weighted by Crippen LogP contribution is 2.24. The first-order valence-corrected chi connectivity index (χ1v) is 9.73. The second kappa shape index (κ2) is 10.0. The molecule has 0 bridgehead atoms. The van der Waals surface area contributed by atoms with Gasteiger partial charge >= 0.3 is 0 Å². The topological polar surface area (TPSA) is 79.9 Å². The number of amides is 2. The lowest BCUT2D eigenvalue weighted by molar-refractivity contribution is -0.117. The van der Waals surface area contributed by atoms with Crippen LogP contribution in [0.1, 0.15) is 23.7 Å². The van der Waals surface area contributed by atoms with Crippen LogP contribution >= 0.6 is 0 Å². The highest BCUT2D eigenvalue weighted by Gasteiger charge is 2.19. The van der Waals surface area contributed by atoms with Gasteiger partial charge in [-0.1, -0.05) is 12.1 Å². The number of methoxy groups -OCH3 is 1. The number of hydrogen-bond acceptors (Lipinski definition) is 5. The van der Waals surface area contributed by atoms with E-state index in [2.05, 4.69) is 22.5 Å². The molecule has 154 valence electrons. The van der Waals surface area contributed by atoms with Crippen molar-refractivity contribution in [2.75, 3.05) is 44.0 Å². The molecular formula is C22H27N3O4. The van der Waals surface area contributed by atoms with E-state index in [0.717, 1.165) is 6.54 Å². The van der Waals surface area contributed by atoms with Gasteiger partial charge in [-0.05, 0) is 43.3 Å². The molecule has 0 aromatic heterocycles. The maximum Gasteiger partial charge on any atom is 0.255 e. The van der Waals surface area contributed by atoms with E-state index >= 15 is 0 Å². The molecule has 1 atom stereocenters. The number of para-hydroxylation sites is 2. The quantitative estimate of drug-likeness (QED) is 0.751. The Morgan fingerprint density at radius 2 is 1.90 bits per heavy atom. The summed E-state index contributed by atoms with van der Waals surface area (Å²) in [6, 6.07) is 14.4. The van der Waals surface area contributed by atoms with Gasteiger partial charge in [-0.25, -0.2) is 0 Å². The van der Waals surface area contributed by atoms with Crippen LogP contribution in [-0.2, 0) is 9.53 Å². The highest BCUT2D eigenvalue weighted by molar-refractivity contribution is 6.05. The van der Waals surface area contributed by atoms with Crippen molar-refractivity contribution in [3.8, 4) is 5.75 Å². The zero-order chi connectivity index (χ0) is 20.6. The zero-order valence-electron chi connectivity index (χ0n) is 16.8. The Morgan fingerprint density at radius 3 is 2.62 bits per heavy atom. The number of carbonyl (C=O) groups is 2. The smallest absolute Gasteiger partial charge is 0.255 e. The van der Waals surface area contributed by atoms with E-state index in [1.54, 1.807) is 43.5 Å². The summed E-state index contributed by atoms with van der Waals surface area (Å²) in [5.41, 5.74) is 1.77. The van der Waals surface area contributed by atoms with Crippen LogP contribution in [0.15, 0.2) is 48.5 Å². The number of nitrogens with zero attached hydrogens (tertiary/aromatic N) is 1. The second-order valence-corrected chi connectivity index (χ2v) is 6.99. The van der Waals surface area contributed by atoms with Crippen molar-refractivity contribution in [3.63, 3.8) is 0 Å². The molecule has 1 heterocycles. The first-order chi connectivity index (χ1) is 14.1. The first-order valence-electron chi connectivity index (χ1n) is 9.73. The number of carbonyl (C=O) groups excluding carboxylic acids is 2. The fraction of sp³-hybridized carbons (Fsp3) is 0.364. The fourth-order valence-corrected chi connectivity index (χ4v) is 3.21. The van der Waals surface area contributed by atoms with Crippen molar-refractivity contribution >= 4 is 23.2 Å². The summed E-state index contributed by atoms with van der Waals surface area (Å²) < 4.78 is 10.7. The van der Waals surface area contributed by atoms with Crippen LogP contribution in [0.25, 0.3) is 0 Å². The molecule has 0 saturated carbocycles. The third kappa shape index (κ3) is 5.79. The fourth-order valence-electron chi connectivity index (χ4n) is 3.21. The summed E-state index contributed by atoms with van der Waals surface area (Å²) in [5.74, 6) is 0.308. The highest BCUT2D eigenvalue weighted by atomic mass is 16.5. The molecule has 2 amide bonds. The summed E-state index contributed by atoms with van der Waals surface area (Å²) in [4.78, 5) is 26.9. The Labute approximate surface area is 171 Å². The molecule has 2 aromatic carbocycles. The molecule has 1 aliphatic heterocycles. The van der Waals surface area contributed by atoms with Gasteiger partial charge in [-0.15, -0.1) is 0 Å². The number of morpholine rings is 1. The summed E-state index contributed by atoms with van der Waals surface area (Å²) >= 11 is 0. The predicted octanol–water partition coefficient (Wildman–Crippen LogP) is 3.00. The minimum absolute atomic E-state index is 0.0464. The molecular weight excluding hydrogens is 370 g/mol. The van der Waals surface area contributed by atoms with Crippen LogP contribution in [0.4, 0.5) is 11.4 Å². The molecule has 0 spiro atoms. The van der Waals surface area contributed by atoms with Crippen molar-refractivity contribution in [2.24, 2.45) is 0 Å². The van der Waals surface area contributed by atoms with Gasteiger partial charge in [-0.3, -0.25) is 14.5 Å². The summed E-state index contributed by atoms with van der Waals surface area (Å²) in [5, 5.41) is 5.71. The first kappa shape index (κ1) is 20.8. The van der Waals surface area contributed by atoms with Crippen molar-refractivity contribution < 1.29 is 19.1 Å². The number of nitrogens with one attached hydrogen (secondary N) is 2. The molecule has 1 aliphatic rings. The average Bonchev–Trinajstić information content (AvgIpc) is 2.74. The van der Waals surface area contributed by atoms with E-state index in [1.807, 2.05) is 12.1 Å². The van der Waals surface area contributed by atoms with E-state index < -0.39 is 0 Å². The Bertz CT molecular complexity index is 838. The number of ether oxygens (including phenoxy) is 2. The minimum Gasteiger partial charge on any atom is -0.495 e. The lowest BCUT2D eigenvalue weighted by Gasteiger charge is -2.32. The monoisotopic (exact) mass is 397 g/mol. The molecule has 1 unspecified atom stereocenters. The summed E-state index contributed by atoms with van der Waals surface area (Å²) in [6.07, 6.45) is 0.417. The maximum atomic E-state index is 12.5. The van der Waals surface area contributed by atoms with Gasteiger partial charge < -0.3 is 20.1 Å². The maximum absolute atomic E-state index is 12.5. The molecule has 2 aromatic rings. The summed E-state index contributed by atoms with van der Waals surface area (Å²) in [7, 11) is 1.56. The average molecular weight is 397 g/mol. The van der Waals surface area contributed by atoms with E-state index in [9.17, 15) is 9.59 Å². The largest absolute Gasteiger partial charge is 0.495 e. The molecule has 3 rings (SSSR count). The van der Waals surface area contributed by atoms with E-state index in [1.165, 1.54) is 0 Å². The Morgan fingerprint density at radius 1 is 1.14 bits per heavy atom. The van der Waals surface area contributed by atoms with Crippen molar-refractivity contribution in [1.29, 1.82) is 0 Å². The van der Waals surface area contributed by atoms with Crippen LogP contribution in [-0.4, -0.2) is 56.2 Å². The second-order valence-electron chi connectivity index (χ2n) is 6.99. The molecule has 29 heavy (non-hydrogen) atoms. The van der Waals surface area contributed by atoms with E-state index in [-0.39, 0.29) is 11.8 Å². The number of benzene rings is 2. The Kier molecular flexibility index (Phi) is 7.21. The van der Waals surface area contributed by atoms with Crippen LogP contribution in [0.5, 0.6) is 5.75 Å². The molecule has 0 aliphatic carbocycles. The number of hydrogen-bond donors (Lipinski definition) is 2. The Hall–Kier alpha value is -2.90. The third-order valence-electron chi connectivity index (χ3n) is 4.92. The van der Waals surface area contributed by atoms with E-state index in [4.69, 9.17) is 9.47 Å². The van der Waals surface area contributed by atoms with Gasteiger partial charge in [0.25, 0.3) is 5.91 Å². The molecule has 1 saturated heterocycles. The zero-order valence-corrected chi connectivity index (χ0v) is 16.8. The van der Waals surface area contributed by atoms with Crippen LogP contribution < -0.4 is 15.4 Å². The molecule has 0 radical (unpaired) electrons. The minimum atomic E-state index is -0.242. The SMILES string of the molecule is COc1ccccc1NC(=O)c1ccc(NC(=O)CCN2CCOCC2C)cc1. The van der Waals surface area contributed by atoms with E-state index in [0.29, 0.717) is 54.9 Å². The molecule has 7 heteroatoms. The van der Waals surface area contributed by atoms with Gasteiger partial charge in [0.2, 0.25) is 5.91 Å². The lowest BCUT2D eigenvalue weighted by atomic mass is 10.1. The van der Waals surface area contributed by atoms with Gasteiger partial charge in [0.1, 0.15) is 5.75 Å². The third-order valence-corrected chi connectivity index (χ3v) is 4.92. The van der Waals surface area contributed by atoms with Gasteiger partial charge in [-0.2, -0.15) is 0 Å². The lowest BCUT2D eigenvalue weighted by Crippen LogP contribution is -2.44. The number of anilines is 2. The molecule has 2 N–H and O–H groups in total. The van der Waals surface area contributed by atoms with Crippen molar-refractivity contribution in [1.82, 2.24) is 4.90 Å². The normalized spacial score (nSPS) is 16.8. The van der Waals surface area contributed by atoms with Crippen LogP contribution in [0.3, 0.4) is 0 Å².